The zero-order valence-corrected chi connectivity index (χ0v) is 16.7. The van der Waals surface area contributed by atoms with Crippen LogP contribution in [0.2, 0.25) is 5.28 Å². The van der Waals surface area contributed by atoms with Crippen molar-refractivity contribution in [2.75, 3.05) is 24.6 Å². The zero-order chi connectivity index (χ0) is 21.2. The van der Waals surface area contributed by atoms with Crippen LogP contribution >= 0.6 is 11.6 Å². The molecule has 9 nitrogen and oxygen atoms in total. The van der Waals surface area contributed by atoms with Gasteiger partial charge in [-0.3, -0.25) is 0 Å². The van der Waals surface area contributed by atoms with E-state index < -0.39 is 37.1 Å². The van der Waals surface area contributed by atoms with E-state index in [4.69, 9.17) is 16.3 Å². The second-order valence-corrected chi connectivity index (χ2v) is 8.67. The van der Waals surface area contributed by atoms with Crippen LogP contribution in [0.5, 0.6) is 0 Å². The van der Waals surface area contributed by atoms with Crippen molar-refractivity contribution in [2.24, 2.45) is 11.8 Å². The highest BCUT2D eigenvalue weighted by atomic mass is 35.5. The lowest BCUT2D eigenvalue weighted by Crippen LogP contribution is -2.54. The third-order valence-electron chi connectivity index (χ3n) is 6.75. The van der Waals surface area contributed by atoms with Crippen molar-refractivity contribution in [1.29, 1.82) is 0 Å². The van der Waals surface area contributed by atoms with Crippen molar-refractivity contribution in [1.82, 2.24) is 19.7 Å². The molecule has 2 saturated heterocycles. The lowest BCUT2D eigenvalue weighted by molar-refractivity contribution is -0.172. The van der Waals surface area contributed by atoms with Crippen molar-refractivity contribution >= 4 is 28.5 Å². The lowest BCUT2D eigenvalue weighted by Gasteiger charge is -2.28. The Balaban J connectivity index is 1.53. The molecule has 6 atom stereocenters. The maximum Gasteiger partial charge on any atom is 0.272 e. The van der Waals surface area contributed by atoms with E-state index in [1.807, 2.05) is 0 Å². The SMILES string of the molecule is OC[C@H]1O[C@@H](n2ncc3c(N4C[C@H]5CCC[C@H]5C4)nc(Cl)nc32)[C@H](O)[C@@]1(O)C(F)F. The van der Waals surface area contributed by atoms with Gasteiger partial charge in [0, 0.05) is 13.1 Å². The molecular formula is C18H22ClF2N5O4. The normalized spacial score (nSPS) is 36.4. The minimum Gasteiger partial charge on any atom is -0.394 e. The molecule has 0 unspecified atom stereocenters. The first-order chi connectivity index (χ1) is 14.3. The fourth-order valence-electron chi connectivity index (χ4n) is 5.14. The maximum atomic E-state index is 13.5. The van der Waals surface area contributed by atoms with Crippen molar-refractivity contribution in [2.45, 2.75) is 49.7 Å². The highest BCUT2D eigenvalue weighted by Crippen LogP contribution is 2.43. The molecule has 164 valence electrons. The fourth-order valence-corrected chi connectivity index (χ4v) is 5.30. The summed E-state index contributed by atoms with van der Waals surface area (Å²) in [6, 6.07) is 0. The van der Waals surface area contributed by atoms with E-state index in [0.717, 1.165) is 17.8 Å². The monoisotopic (exact) mass is 445 g/mol. The first-order valence-corrected chi connectivity index (χ1v) is 10.3. The van der Waals surface area contributed by atoms with Gasteiger partial charge in [0.1, 0.15) is 18.0 Å². The third-order valence-corrected chi connectivity index (χ3v) is 6.92. The van der Waals surface area contributed by atoms with Crippen molar-refractivity contribution in [3.05, 3.63) is 11.5 Å². The van der Waals surface area contributed by atoms with Crippen LogP contribution in [0.3, 0.4) is 0 Å². The van der Waals surface area contributed by atoms with Crippen LogP contribution in [0.25, 0.3) is 11.0 Å². The molecule has 30 heavy (non-hydrogen) atoms. The summed E-state index contributed by atoms with van der Waals surface area (Å²) in [6.07, 6.45) is -3.48. The van der Waals surface area contributed by atoms with Gasteiger partial charge in [0.25, 0.3) is 6.43 Å². The molecule has 0 aromatic carbocycles. The molecule has 0 bridgehead atoms. The van der Waals surface area contributed by atoms with E-state index >= 15 is 0 Å². The van der Waals surface area contributed by atoms with Gasteiger partial charge in [-0.2, -0.15) is 15.1 Å². The second kappa shape index (κ2) is 7.20. The molecule has 2 aromatic heterocycles. The van der Waals surface area contributed by atoms with Crippen molar-refractivity contribution < 1.29 is 28.8 Å². The van der Waals surface area contributed by atoms with E-state index in [0.29, 0.717) is 23.0 Å². The summed E-state index contributed by atoms with van der Waals surface area (Å²) in [5.74, 6) is 1.81. The molecule has 3 aliphatic rings. The van der Waals surface area contributed by atoms with Gasteiger partial charge < -0.3 is 25.0 Å². The van der Waals surface area contributed by atoms with Gasteiger partial charge >= 0.3 is 0 Å². The molecule has 4 heterocycles. The number of hydrogen-bond donors (Lipinski definition) is 3. The molecule has 0 radical (unpaired) electrons. The van der Waals surface area contributed by atoms with Crippen molar-refractivity contribution in [3.63, 3.8) is 0 Å². The Morgan fingerprint density at radius 3 is 2.57 bits per heavy atom. The molecular weight excluding hydrogens is 424 g/mol. The summed E-state index contributed by atoms with van der Waals surface area (Å²) in [7, 11) is 0. The Kier molecular flexibility index (Phi) is 4.86. The molecule has 3 N–H and O–H groups in total. The fraction of sp³-hybridized carbons (Fsp3) is 0.722. The summed E-state index contributed by atoms with van der Waals surface area (Å²) >= 11 is 6.15. The minimum absolute atomic E-state index is 0.0494. The van der Waals surface area contributed by atoms with Crippen molar-refractivity contribution in [3.8, 4) is 0 Å². The molecule has 2 aliphatic heterocycles. The highest BCUT2D eigenvalue weighted by molar-refractivity contribution is 6.28. The molecule has 2 aromatic rings. The van der Waals surface area contributed by atoms with Gasteiger partial charge in [0.05, 0.1) is 18.2 Å². The van der Waals surface area contributed by atoms with E-state index in [1.165, 1.54) is 25.5 Å². The average molecular weight is 446 g/mol. The number of aromatic nitrogens is 4. The first kappa shape index (κ1) is 20.3. The Morgan fingerprint density at radius 2 is 1.97 bits per heavy atom. The van der Waals surface area contributed by atoms with Crippen LogP contribution in [0.15, 0.2) is 6.20 Å². The van der Waals surface area contributed by atoms with Crippen LogP contribution in [-0.4, -0.2) is 79.0 Å². The largest absolute Gasteiger partial charge is 0.394 e. The number of halogens is 3. The maximum absolute atomic E-state index is 13.5. The second-order valence-electron chi connectivity index (χ2n) is 8.33. The number of rotatable bonds is 4. The van der Waals surface area contributed by atoms with Gasteiger partial charge in [-0.25, -0.2) is 13.5 Å². The number of alkyl halides is 2. The summed E-state index contributed by atoms with van der Waals surface area (Å²) in [5.41, 5.74) is -2.75. The quantitative estimate of drug-likeness (QED) is 0.596. The van der Waals surface area contributed by atoms with Crippen LogP contribution in [-0.2, 0) is 4.74 Å². The van der Waals surface area contributed by atoms with Gasteiger partial charge in [0.15, 0.2) is 17.5 Å². The number of fused-ring (bicyclic) bond motifs is 2. The standard InChI is InChI=1S/C18H22ClF2N5O4/c19-17-23-13(25-5-8-2-1-3-9(8)6-25)10-4-22-26(14(10)24-17)15-12(28)18(29,16(20)21)11(7-27)30-15/h4,8-9,11-12,15-16,27-29H,1-3,5-7H2/t8-,9+,11-,12+,15-,18-/m1/s1. The van der Waals surface area contributed by atoms with Gasteiger partial charge in [-0.15, -0.1) is 0 Å². The zero-order valence-electron chi connectivity index (χ0n) is 15.9. The lowest BCUT2D eigenvalue weighted by atomic mass is 9.93. The van der Waals surface area contributed by atoms with E-state index in [-0.39, 0.29) is 10.9 Å². The summed E-state index contributed by atoms with van der Waals surface area (Å²) in [6.45, 7) is 0.794. The van der Waals surface area contributed by atoms with Crippen LogP contribution < -0.4 is 4.90 Å². The number of aliphatic hydroxyl groups excluding tert-OH is 2. The summed E-state index contributed by atoms with van der Waals surface area (Å²) in [5, 5.41) is 34.8. The highest BCUT2D eigenvalue weighted by Gasteiger charge is 2.62. The Labute approximate surface area is 175 Å². The van der Waals surface area contributed by atoms with Gasteiger partial charge in [-0.1, -0.05) is 6.42 Å². The smallest absolute Gasteiger partial charge is 0.272 e. The summed E-state index contributed by atoms with van der Waals surface area (Å²) in [4.78, 5) is 10.7. The molecule has 3 fully saturated rings. The summed E-state index contributed by atoms with van der Waals surface area (Å²) < 4.78 is 33.5. The predicted molar refractivity (Wildman–Crippen MR) is 101 cm³/mol. The van der Waals surface area contributed by atoms with Crippen LogP contribution in [0.1, 0.15) is 25.5 Å². The van der Waals surface area contributed by atoms with E-state index in [9.17, 15) is 24.1 Å². The minimum atomic E-state index is -3.34. The first-order valence-electron chi connectivity index (χ1n) is 9.95. The molecule has 1 saturated carbocycles. The number of nitrogens with zero attached hydrogens (tertiary/aromatic N) is 5. The number of hydrogen-bond acceptors (Lipinski definition) is 8. The average Bonchev–Trinajstić information content (AvgIpc) is 3.45. The number of ether oxygens (including phenoxy) is 1. The Bertz CT molecular complexity index is 952. The Hall–Kier alpha value is -1.66. The molecule has 0 amide bonds. The topological polar surface area (TPSA) is 117 Å². The van der Waals surface area contributed by atoms with E-state index in [2.05, 4.69) is 20.0 Å². The molecule has 12 heteroatoms. The van der Waals surface area contributed by atoms with Gasteiger partial charge in [0.2, 0.25) is 5.28 Å². The van der Waals surface area contributed by atoms with Crippen LogP contribution in [0.4, 0.5) is 14.6 Å². The molecule has 0 spiro atoms. The number of anilines is 1. The predicted octanol–water partition coefficient (Wildman–Crippen LogP) is 0.963. The van der Waals surface area contributed by atoms with E-state index in [1.54, 1.807) is 0 Å². The molecule has 1 aliphatic carbocycles. The Morgan fingerprint density at radius 1 is 1.27 bits per heavy atom. The van der Waals surface area contributed by atoms with Crippen LogP contribution in [0, 0.1) is 11.8 Å². The number of aliphatic hydroxyl groups is 3. The third kappa shape index (κ3) is 2.83. The van der Waals surface area contributed by atoms with Gasteiger partial charge in [-0.05, 0) is 36.3 Å². The molecule has 5 rings (SSSR count).